The average molecular weight is 256 g/mol. The maximum absolute atomic E-state index is 9.44. The molecule has 0 N–H and O–H groups in total. The molecule has 19 heavy (non-hydrogen) atoms. The van der Waals surface area contributed by atoms with E-state index in [0.717, 1.165) is 13.1 Å². The van der Waals surface area contributed by atoms with Gasteiger partial charge >= 0.3 is 0 Å². The van der Waals surface area contributed by atoms with Crippen LogP contribution in [-0.4, -0.2) is 23.5 Å². The van der Waals surface area contributed by atoms with Gasteiger partial charge in [-0.2, -0.15) is 5.26 Å². The predicted octanol–water partition coefficient (Wildman–Crippen LogP) is 3.64. The molecule has 2 heteroatoms. The first kappa shape index (κ1) is 14.1. The lowest BCUT2D eigenvalue weighted by atomic mass is 9.88. The normalized spacial score (nSPS) is 24.4. The highest BCUT2D eigenvalue weighted by molar-refractivity contribution is 5.33. The highest BCUT2D eigenvalue weighted by atomic mass is 15.2. The molecule has 1 heterocycles. The lowest BCUT2D eigenvalue weighted by Crippen LogP contribution is -2.39. The van der Waals surface area contributed by atoms with Gasteiger partial charge in [0, 0.05) is 24.5 Å². The summed E-state index contributed by atoms with van der Waals surface area (Å²) in [6, 6.07) is 9.20. The maximum Gasteiger partial charge on any atom is 0.0676 e. The molecule has 1 fully saturated rings. The number of aryl methyl sites for hydroxylation is 2. The molecule has 0 bridgehead atoms. The van der Waals surface area contributed by atoms with Gasteiger partial charge in [-0.25, -0.2) is 0 Å². The summed E-state index contributed by atoms with van der Waals surface area (Å²) in [5.41, 5.74) is 4.06. The minimum Gasteiger partial charge on any atom is -0.297 e. The van der Waals surface area contributed by atoms with Crippen LogP contribution < -0.4 is 0 Å². The Morgan fingerprint density at radius 3 is 2.16 bits per heavy atom. The Labute approximate surface area is 117 Å². The Morgan fingerprint density at radius 2 is 1.68 bits per heavy atom. The summed E-state index contributed by atoms with van der Waals surface area (Å²) in [6.45, 7) is 12.8. The molecule has 102 valence electrons. The van der Waals surface area contributed by atoms with Crippen molar-refractivity contribution in [1.29, 1.82) is 5.26 Å². The number of benzene rings is 1. The summed E-state index contributed by atoms with van der Waals surface area (Å²) in [6.07, 6.45) is 0. The number of rotatable bonds is 1. The molecule has 1 aromatic rings. The Kier molecular flexibility index (Phi) is 3.69. The molecule has 0 aromatic heterocycles. The number of hydrogen-bond acceptors (Lipinski definition) is 2. The van der Waals surface area contributed by atoms with Crippen LogP contribution in [0.3, 0.4) is 0 Å². The molecule has 1 aromatic carbocycles. The van der Waals surface area contributed by atoms with Gasteiger partial charge in [0.2, 0.25) is 0 Å². The zero-order valence-corrected chi connectivity index (χ0v) is 12.7. The van der Waals surface area contributed by atoms with Crippen molar-refractivity contribution >= 4 is 0 Å². The van der Waals surface area contributed by atoms with Gasteiger partial charge in [0.15, 0.2) is 0 Å². The van der Waals surface area contributed by atoms with Gasteiger partial charge < -0.3 is 0 Å². The smallest absolute Gasteiger partial charge is 0.0676 e. The molecular formula is C17H24N2. The van der Waals surface area contributed by atoms with E-state index in [4.69, 9.17) is 0 Å². The van der Waals surface area contributed by atoms with Gasteiger partial charge in [-0.15, -0.1) is 0 Å². The number of nitriles is 1. The van der Waals surface area contributed by atoms with Crippen LogP contribution in [0.25, 0.3) is 0 Å². The molecule has 2 rings (SSSR count). The first-order valence-corrected chi connectivity index (χ1v) is 7.04. The third kappa shape index (κ3) is 2.98. The third-order valence-electron chi connectivity index (χ3n) is 4.11. The van der Waals surface area contributed by atoms with Crippen LogP contribution in [0.2, 0.25) is 0 Å². The monoisotopic (exact) mass is 256 g/mol. The van der Waals surface area contributed by atoms with E-state index in [1.165, 1.54) is 16.7 Å². The lowest BCUT2D eigenvalue weighted by molar-refractivity contribution is 0.170. The Balaban J connectivity index is 2.31. The van der Waals surface area contributed by atoms with E-state index in [1.54, 1.807) is 0 Å². The summed E-state index contributed by atoms with van der Waals surface area (Å²) in [7, 11) is 0. The largest absolute Gasteiger partial charge is 0.297 e. The van der Waals surface area contributed by atoms with Crippen LogP contribution in [0.1, 0.15) is 43.4 Å². The first-order chi connectivity index (χ1) is 8.81. The number of hydrogen-bond donors (Lipinski definition) is 0. The van der Waals surface area contributed by atoms with Gasteiger partial charge in [-0.1, -0.05) is 29.3 Å². The van der Waals surface area contributed by atoms with Gasteiger partial charge in [-0.3, -0.25) is 4.90 Å². The molecule has 2 atom stereocenters. The van der Waals surface area contributed by atoms with Crippen molar-refractivity contribution in [2.75, 3.05) is 13.1 Å². The van der Waals surface area contributed by atoms with E-state index in [1.807, 2.05) is 0 Å². The summed E-state index contributed by atoms with van der Waals surface area (Å²) in [4.78, 5) is 2.43. The summed E-state index contributed by atoms with van der Waals surface area (Å²) in [5, 5.41) is 9.44. The molecule has 0 radical (unpaired) electrons. The van der Waals surface area contributed by atoms with Gasteiger partial charge in [-0.05, 0) is 40.2 Å². The van der Waals surface area contributed by atoms with Crippen molar-refractivity contribution in [1.82, 2.24) is 4.90 Å². The molecule has 1 saturated heterocycles. The Bertz CT molecular complexity index is 485. The number of nitrogens with zero attached hydrogens (tertiary/aromatic N) is 2. The maximum atomic E-state index is 9.44. The van der Waals surface area contributed by atoms with Crippen molar-refractivity contribution in [3.8, 4) is 6.07 Å². The molecule has 1 aliphatic rings. The SMILES string of the molecule is Cc1cc(C)cc([C@H]2CN(C(C)(C)C)C[C@@H]2C#N)c1. The molecule has 0 aliphatic carbocycles. The Morgan fingerprint density at radius 1 is 1.11 bits per heavy atom. The standard InChI is InChI=1S/C17H24N2/c1-12-6-13(2)8-14(7-12)16-11-19(17(3,4)5)10-15(16)9-18/h6-8,15-16H,10-11H2,1-5H3/t15-,16+/m0/s1. The molecule has 0 amide bonds. The molecule has 0 saturated carbocycles. The first-order valence-electron chi connectivity index (χ1n) is 7.04. The summed E-state index contributed by atoms with van der Waals surface area (Å²) >= 11 is 0. The third-order valence-corrected chi connectivity index (χ3v) is 4.11. The van der Waals surface area contributed by atoms with E-state index in [-0.39, 0.29) is 11.5 Å². The fourth-order valence-electron chi connectivity index (χ4n) is 3.04. The zero-order chi connectivity index (χ0) is 14.2. The second kappa shape index (κ2) is 4.98. The van der Waals surface area contributed by atoms with E-state index < -0.39 is 0 Å². The fraction of sp³-hybridized carbons (Fsp3) is 0.588. The van der Waals surface area contributed by atoms with Gasteiger partial charge in [0.05, 0.1) is 12.0 Å². The van der Waals surface area contributed by atoms with Crippen LogP contribution >= 0.6 is 0 Å². The fourth-order valence-corrected chi connectivity index (χ4v) is 3.04. The van der Waals surface area contributed by atoms with Crippen LogP contribution in [0.5, 0.6) is 0 Å². The van der Waals surface area contributed by atoms with Crippen molar-refractivity contribution in [3.05, 3.63) is 34.9 Å². The lowest BCUT2D eigenvalue weighted by Gasteiger charge is -2.31. The van der Waals surface area contributed by atoms with Crippen LogP contribution in [-0.2, 0) is 0 Å². The molecule has 0 spiro atoms. The summed E-state index contributed by atoms with van der Waals surface area (Å²) < 4.78 is 0. The van der Waals surface area contributed by atoms with E-state index >= 15 is 0 Å². The topological polar surface area (TPSA) is 27.0 Å². The molecule has 1 aliphatic heterocycles. The Hall–Kier alpha value is -1.33. The van der Waals surface area contributed by atoms with Crippen LogP contribution in [0.4, 0.5) is 0 Å². The summed E-state index contributed by atoms with van der Waals surface area (Å²) in [5.74, 6) is 0.461. The second-order valence-corrected chi connectivity index (χ2v) is 6.84. The predicted molar refractivity (Wildman–Crippen MR) is 79.1 cm³/mol. The highest BCUT2D eigenvalue weighted by Crippen LogP contribution is 2.36. The van der Waals surface area contributed by atoms with Crippen molar-refractivity contribution in [2.24, 2.45) is 5.92 Å². The number of likely N-dealkylation sites (tertiary alicyclic amines) is 1. The van der Waals surface area contributed by atoms with Crippen molar-refractivity contribution in [2.45, 2.75) is 46.1 Å². The van der Waals surface area contributed by atoms with E-state index in [0.29, 0.717) is 5.92 Å². The molecular weight excluding hydrogens is 232 g/mol. The second-order valence-electron chi connectivity index (χ2n) is 6.84. The van der Waals surface area contributed by atoms with Gasteiger partial charge in [0.1, 0.15) is 0 Å². The van der Waals surface area contributed by atoms with E-state index in [2.05, 4.69) is 63.8 Å². The molecule has 0 unspecified atom stereocenters. The van der Waals surface area contributed by atoms with Crippen LogP contribution in [0.15, 0.2) is 18.2 Å². The minimum atomic E-state index is 0.112. The van der Waals surface area contributed by atoms with Crippen molar-refractivity contribution in [3.63, 3.8) is 0 Å². The van der Waals surface area contributed by atoms with Gasteiger partial charge in [0.25, 0.3) is 0 Å². The highest BCUT2D eigenvalue weighted by Gasteiger charge is 2.38. The average Bonchev–Trinajstić information content (AvgIpc) is 2.71. The van der Waals surface area contributed by atoms with E-state index in [9.17, 15) is 5.26 Å². The quantitative estimate of drug-likeness (QED) is 0.767. The zero-order valence-electron chi connectivity index (χ0n) is 12.7. The van der Waals surface area contributed by atoms with Crippen LogP contribution in [0, 0.1) is 31.1 Å². The minimum absolute atomic E-state index is 0.112. The van der Waals surface area contributed by atoms with Crippen molar-refractivity contribution < 1.29 is 0 Å². The molecule has 2 nitrogen and oxygen atoms in total.